The lowest BCUT2D eigenvalue weighted by molar-refractivity contribution is 0.306. The van der Waals surface area contributed by atoms with Crippen LogP contribution < -0.4 is 15.2 Å². The molecule has 0 heterocycles. The van der Waals surface area contributed by atoms with E-state index in [2.05, 4.69) is 45.1 Å². The van der Waals surface area contributed by atoms with Crippen LogP contribution in [0.15, 0.2) is 17.0 Å². The van der Waals surface area contributed by atoms with Crippen molar-refractivity contribution in [3.63, 3.8) is 0 Å². The fraction of sp³-hybridized carbons (Fsp3) is 0.556. The predicted octanol–water partition coefficient (Wildman–Crippen LogP) is 3.24. The summed E-state index contributed by atoms with van der Waals surface area (Å²) in [6.45, 7) is 7.65. The minimum Gasteiger partial charge on any atom is -0.493 e. The number of hydrogen-bond acceptors (Lipinski definition) is 1. The average Bonchev–Trinajstić information content (AvgIpc) is 2.50. The number of ether oxygens (including phenoxy) is 1. The van der Waals surface area contributed by atoms with E-state index >= 15 is 0 Å². The maximum atomic E-state index is 6.00. The molecular formula is C18H27OS+. The quantitative estimate of drug-likeness (QED) is 0.553. The second-order valence-corrected chi connectivity index (χ2v) is 7.73. The molecule has 1 aromatic rings. The van der Waals surface area contributed by atoms with E-state index in [4.69, 9.17) is 4.74 Å². The van der Waals surface area contributed by atoms with Crippen molar-refractivity contribution in [1.29, 1.82) is 0 Å². The highest BCUT2D eigenvalue weighted by atomic mass is 32.2. The zero-order valence-electron chi connectivity index (χ0n) is 13.1. The molecule has 0 bridgehead atoms. The molecule has 2 rings (SSSR count). The third-order valence-electron chi connectivity index (χ3n) is 3.83. The molecule has 0 N–H and O–H groups in total. The lowest BCUT2D eigenvalue weighted by Crippen LogP contribution is -2.34. The lowest BCUT2D eigenvalue weighted by Gasteiger charge is -2.12. The highest BCUT2D eigenvalue weighted by Crippen LogP contribution is 2.14. The van der Waals surface area contributed by atoms with Crippen molar-refractivity contribution < 1.29 is 4.74 Å². The van der Waals surface area contributed by atoms with Crippen LogP contribution in [0.3, 0.4) is 0 Å². The van der Waals surface area contributed by atoms with Crippen LogP contribution in [0.5, 0.6) is 5.75 Å². The van der Waals surface area contributed by atoms with E-state index in [1.54, 1.807) is 4.90 Å². The summed E-state index contributed by atoms with van der Waals surface area (Å²) in [5.41, 5.74) is 0. The van der Waals surface area contributed by atoms with Crippen molar-refractivity contribution in [2.45, 2.75) is 51.3 Å². The second-order valence-electron chi connectivity index (χ2n) is 5.15. The van der Waals surface area contributed by atoms with Gasteiger partial charge in [0, 0.05) is 21.3 Å². The molecule has 0 saturated heterocycles. The summed E-state index contributed by atoms with van der Waals surface area (Å²) in [5.74, 6) is 3.57. The Labute approximate surface area is 126 Å². The summed E-state index contributed by atoms with van der Waals surface area (Å²) in [5, 5.41) is 2.81. The van der Waals surface area contributed by atoms with Crippen LogP contribution >= 0.6 is 0 Å². The second kappa shape index (κ2) is 7.78. The van der Waals surface area contributed by atoms with Gasteiger partial charge in [-0.15, -0.1) is 0 Å². The molecule has 1 aliphatic rings. The maximum Gasteiger partial charge on any atom is 0.162 e. The first-order chi connectivity index (χ1) is 9.81. The number of unbranched alkanes of at least 4 members (excludes halogenated alkanes) is 1. The molecule has 0 atom stereocenters. The molecule has 0 unspecified atom stereocenters. The molecule has 1 aliphatic carbocycles. The fourth-order valence-electron chi connectivity index (χ4n) is 2.69. The van der Waals surface area contributed by atoms with Crippen molar-refractivity contribution in [3.05, 3.63) is 22.6 Å². The first-order valence-electron chi connectivity index (χ1n) is 7.95. The highest BCUT2D eigenvalue weighted by Gasteiger charge is 2.20. The monoisotopic (exact) mass is 291 g/mol. The molecular weight excluding hydrogens is 264 g/mol. The van der Waals surface area contributed by atoms with Gasteiger partial charge in [-0.05, 0) is 45.2 Å². The number of fused-ring (bicyclic) bond motifs is 1. The van der Waals surface area contributed by atoms with Crippen LogP contribution in [0, 0.1) is 0 Å². The van der Waals surface area contributed by atoms with Crippen molar-refractivity contribution >= 4 is 23.0 Å². The van der Waals surface area contributed by atoms with Crippen LogP contribution in [0.1, 0.15) is 46.5 Å². The van der Waals surface area contributed by atoms with E-state index in [9.17, 15) is 0 Å². The maximum absolute atomic E-state index is 6.00. The van der Waals surface area contributed by atoms with Gasteiger partial charge in [-0.2, -0.15) is 0 Å². The summed E-state index contributed by atoms with van der Waals surface area (Å²) >= 11 is 0. The number of hydrogen-bond donors (Lipinski definition) is 0. The van der Waals surface area contributed by atoms with Crippen molar-refractivity contribution in [2.75, 3.05) is 18.1 Å². The summed E-state index contributed by atoms with van der Waals surface area (Å²) in [4.78, 5) is 1.55. The molecule has 2 heteroatoms. The van der Waals surface area contributed by atoms with Crippen LogP contribution in [0.4, 0.5) is 0 Å². The lowest BCUT2D eigenvalue weighted by atomic mass is 10.1. The summed E-state index contributed by atoms with van der Waals surface area (Å²) in [6.07, 6.45) is 9.42. The third-order valence-corrected chi connectivity index (χ3v) is 6.21. The Morgan fingerprint density at radius 1 is 1.00 bits per heavy atom. The molecule has 20 heavy (non-hydrogen) atoms. The van der Waals surface area contributed by atoms with E-state index in [1.807, 2.05) is 0 Å². The Morgan fingerprint density at radius 3 is 2.35 bits per heavy atom. The molecule has 0 saturated carbocycles. The smallest absolute Gasteiger partial charge is 0.162 e. The fourth-order valence-corrected chi connectivity index (χ4v) is 4.49. The standard InChI is InChI=1S/C18H27OS/c1-4-7-14-19-17-12-13-18(20(5-2)6-3)16-11-9-8-10-15(16)17/h10-13H,4-9,14H2,1-3H3/q+1. The largest absolute Gasteiger partial charge is 0.493 e. The third kappa shape index (κ3) is 3.41. The van der Waals surface area contributed by atoms with Gasteiger partial charge in [0.15, 0.2) is 4.90 Å². The predicted molar refractivity (Wildman–Crippen MR) is 91.0 cm³/mol. The van der Waals surface area contributed by atoms with Crippen molar-refractivity contribution in [1.82, 2.24) is 0 Å². The molecule has 1 aromatic carbocycles. The zero-order chi connectivity index (χ0) is 14.4. The number of rotatable bonds is 7. The van der Waals surface area contributed by atoms with E-state index in [0.717, 1.165) is 25.2 Å². The molecule has 0 spiro atoms. The van der Waals surface area contributed by atoms with Crippen molar-refractivity contribution in [3.8, 4) is 5.75 Å². The van der Waals surface area contributed by atoms with Gasteiger partial charge in [0.25, 0.3) is 0 Å². The Hall–Kier alpha value is -0.890. The molecule has 0 aromatic heterocycles. The van der Waals surface area contributed by atoms with Gasteiger partial charge in [0.1, 0.15) is 17.3 Å². The zero-order valence-corrected chi connectivity index (χ0v) is 13.9. The molecule has 110 valence electrons. The first-order valence-corrected chi connectivity index (χ1v) is 9.51. The van der Waals surface area contributed by atoms with E-state index in [-0.39, 0.29) is 0 Å². The molecule has 0 radical (unpaired) electrons. The van der Waals surface area contributed by atoms with E-state index in [0.29, 0.717) is 10.9 Å². The molecule has 0 aliphatic heterocycles. The molecule has 1 nitrogen and oxygen atoms in total. The van der Waals surface area contributed by atoms with Crippen LogP contribution in [0.25, 0.3) is 12.2 Å². The van der Waals surface area contributed by atoms with Crippen LogP contribution in [0.2, 0.25) is 0 Å². The Kier molecular flexibility index (Phi) is 6.03. The molecule has 0 amide bonds. The van der Waals surface area contributed by atoms with Crippen LogP contribution in [-0.2, 0) is 10.9 Å². The van der Waals surface area contributed by atoms with Gasteiger partial charge in [-0.3, -0.25) is 0 Å². The summed E-state index contributed by atoms with van der Waals surface area (Å²) in [6, 6.07) is 4.51. The van der Waals surface area contributed by atoms with Gasteiger partial charge in [-0.1, -0.05) is 25.5 Å². The van der Waals surface area contributed by atoms with E-state index in [1.165, 1.54) is 34.8 Å². The SMILES string of the molecule is CCCCOc1ccc([S+](CC)CC)c2c1=CCCC=2. The van der Waals surface area contributed by atoms with Crippen LogP contribution in [-0.4, -0.2) is 18.1 Å². The molecule has 0 fully saturated rings. The topological polar surface area (TPSA) is 9.23 Å². The van der Waals surface area contributed by atoms with Gasteiger partial charge < -0.3 is 4.74 Å². The summed E-state index contributed by atoms with van der Waals surface area (Å²) < 4.78 is 6.00. The minimum absolute atomic E-state index is 0.386. The normalized spacial score (nSPS) is 13.6. The highest BCUT2D eigenvalue weighted by molar-refractivity contribution is 7.96. The minimum atomic E-state index is 0.386. The summed E-state index contributed by atoms with van der Waals surface area (Å²) in [7, 11) is 0.386. The van der Waals surface area contributed by atoms with Gasteiger partial charge >= 0.3 is 0 Å². The Balaban J connectivity index is 2.40. The Bertz CT molecular complexity index is 543. The van der Waals surface area contributed by atoms with Crippen molar-refractivity contribution in [2.24, 2.45) is 0 Å². The van der Waals surface area contributed by atoms with Gasteiger partial charge in [0.05, 0.1) is 6.61 Å². The van der Waals surface area contributed by atoms with Gasteiger partial charge in [-0.25, -0.2) is 0 Å². The van der Waals surface area contributed by atoms with Gasteiger partial charge in [0.2, 0.25) is 0 Å². The number of benzene rings is 1. The Morgan fingerprint density at radius 2 is 1.70 bits per heavy atom. The average molecular weight is 291 g/mol. The van der Waals surface area contributed by atoms with E-state index < -0.39 is 0 Å². The first kappa shape index (κ1) is 15.5.